The summed E-state index contributed by atoms with van der Waals surface area (Å²) in [5.41, 5.74) is 0.494. The molecule has 2 heterocycles. The molecule has 8 heteroatoms. The Morgan fingerprint density at radius 1 is 1.25 bits per heavy atom. The van der Waals surface area contributed by atoms with Gasteiger partial charge in [-0.3, -0.25) is 14.4 Å². The number of amides is 2. The van der Waals surface area contributed by atoms with E-state index >= 15 is 0 Å². The number of benzene rings is 1. The van der Waals surface area contributed by atoms with Crippen LogP contribution in [0.15, 0.2) is 29.1 Å². The minimum Gasteiger partial charge on any atom is -0.502 e. The molecule has 1 aromatic heterocycles. The molecule has 0 unspecified atom stereocenters. The Morgan fingerprint density at radius 2 is 1.93 bits per heavy atom. The van der Waals surface area contributed by atoms with Crippen molar-refractivity contribution in [1.29, 1.82) is 0 Å². The van der Waals surface area contributed by atoms with Crippen LogP contribution in [0.5, 0.6) is 11.5 Å². The van der Waals surface area contributed by atoms with Gasteiger partial charge >= 0.3 is 0 Å². The highest BCUT2D eigenvalue weighted by Crippen LogP contribution is 2.30. The van der Waals surface area contributed by atoms with Gasteiger partial charge in [0.2, 0.25) is 0 Å². The minimum absolute atomic E-state index is 0.0885. The van der Waals surface area contributed by atoms with E-state index in [9.17, 15) is 19.5 Å². The zero-order valence-corrected chi connectivity index (χ0v) is 16.4. The molecule has 3 rings (SSSR count). The Balaban J connectivity index is 2.08. The van der Waals surface area contributed by atoms with Crippen LogP contribution in [-0.2, 0) is 20.0 Å². The van der Waals surface area contributed by atoms with Crippen LogP contribution in [0.2, 0.25) is 0 Å². The van der Waals surface area contributed by atoms with Gasteiger partial charge in [-0.15, -0.1) is 0 Å². The van der Waals surface area contributed by atoms with Gasteiger partial charge in [0.1, 0.15) is 11.4 Å². The first-order valence-electron chi connectivity index (χ1n) is 8.85. The van der Waals surface area contributed by atoms with Gasteiger partial charge in [-0.1, -0.05) is 18.2 Å². The van der Waals surface area contributed by atoms with Crippen molar-refractivity contribution in [2.45, 2.75) is 13.0 Å². The second-order valence-electron chi connectivity index (χ2n) is 6.90. The number of hydrogen-bond donors (Lipinski definition) is 1. The first-order valence-corrected chi connectivity index (χ1v) is 8.85. The zero-order valence-electron chi connectivity index (χ0n) is 16.4. The molecule has 0 saturated heterocycles. The molecule has 0 aliphatic carbocycles. The topological polar surface area (TPSA) is 92.1 Å². The molecule has 148 valence electrons. The number of ether oxygens (including phenoxy) is 1. The zero-order chi connectivity index (χ0) is 20.6. The highest BCUT2D eigenvalue weighted by molar-refractivity contribution is 6.03. The second kappa shape index (κ2) is 7.38. The van der Waals surface area contributed by atoms with E-state index in [1.165, 1.54) is 11.9 Å². The van der Waals surface area contributed by atoms with Crippen molar-refractivity contribution in [2.24, 2.45) is 7.05 Å². The molecule has 2 amide bonds. The fraction of sp³-hybridized carbons (Fsp3) is 0.350. The maximum Gasteiger partial charge on any atom is 0.293 e. The lowest BCUT2D eigenvalue weighted by molar-refractivity contribution is 0.0719. The summed E-state index contributed by atoms with van der Waals surface area (Å²) in [6.45, 7) is 0.628. The predicted octanol–water partition coefficient (Wildman–Crippen LogP) is 1.000. The fourth-order valence-corrected chi connectivity index (χ4v) is 3.49. The van der Waals surface area contributed by atoms with Crippen molar-refractivity contribution in [3.63, 3.8) is 0 Å². The third kappa shape index (κ3) is 3.11. The minimum atomic E-state index is -0.767. The molecule has 8 nitrogen and oxygen atoms in total. The number of carbonyl (C=O) groups excluding carboxylic acids is 2. The summed E-state index contributed by atoms with van der Waals surface area (Å²) < 4.78 is 6.45. The molecule has 0 saturated carbocycles. The average Bonchev–Trinajstić information content (AvgIpc) is 2.68. The molecule has 2 aromatic rings. The lowest BCUT2D eigenvalue weighted by Gasteiger charge is -2.31. The second-order valence-corrected chi connectivity index (χ2v) is 6.90. The normalized spacial score (nSPS) is 13.3. The van der Waals surface area contributed by atoms with Crippen molar-refractivity contribution < 1.29 is 19.4 Å². The average molecular weight is 385 g/mol. The Kier molecular flexibility index (Phi) is 5.13. The van der Waals surface area contributed by atoms with E-state index in [1.54, 1.807) is 32.2 Å². The number of fused-ring (bicyclic) bond motifs is 1. The number of aromatic nitrogens is 1. The van der Waals surface area contributed by atoms with Gasteiger partial charge in [0.25, 0.3) is 17.4 Å². The highest BCUT2D eigenvalue weighted by Gasteiger charge is 2.34. The number of nitrogens with zero attached hydrogens (tertiary/aromatic N) is 3. The molecular weight excluding hydrogens is 362 g/mol. The van der Waals surface area contributed by atoms with Crippen LogP contribution in [0.1, 0.15) is 32.0 Å². The van der Waals surface area contributed by atoms with Crippen LogP contribution < -0.4 is 10.3 Å². The number of hydrogen-bond acceptors (Lipinski definition) is 5. The maximum absolute atomic E-state index is 13.1. The highest BCUT2D eigenvalue weighted by atomic mass is 16.5. The summed E-state index contributed by atoms with van der Waals surface area (Å²) in [6, 6.07) is 7.34. The summed E-state index contributed by atoms with van der Waals surface area (Å²) >= 11 is 0. The molecule has 1 aromatic carbocycles. The molecular formula is C20H23N3O5. The maximum atomic E-state index is 13.1. The van der Waals surface area contributed by atoms with Gasteiger partial charge in [0, 0.05) is 45.4 Å². The van der Waals surface area contributed by atoms with Crippen LogP contribution in [0.25, 0.3) is 0 Å². The molecule has 0 fully saturated rings. The van der Waals surface area contributed by atoms with E-state index in [0.29, 0.717) is 24.3 Å². The summed E-state index contributed by atoms with van der Waals surface area (Å²) in [7, 11) is 6.13. The molecule has 1 aliphatic rings. The van der Waals surface area contributed by atoms with Crippen molar-refractivity contribution in [3.05, 3.63) is 57.0 Å². The summed E-state index contributed by atoms with van der Waals surface area (Å²) in [4.78, 5) is 41.0. The van der Waals surface area contributed by atoms with Crippen LogP contribution >= 0.6 is 0 Å². The van der Waals surface area contributed by atoms with E-state index in [0.717, 1.165) is 10.1 Å². The Hall–Kier alpha value is -3.29. The summed E-state index contributed by atoms with van der Waals surface area (Å²) in [6.07, 6.45) is 0.354. The standard InChI is InChI=1S/C20H23N3O5/c1-21(2)19(26)16-13-9-10-23(11-12-7-5-6-8-14(12)28-4)18(25)15(13)17(24)20(27)22(16)3/h5-8,24H,9-11H2,1-4H3. The number of pyridine rings is 1. The lowest BCUT2D eigenvalue weighted by atomic mass is 9.95. The number of aromatic hydroxyl groups is 1. The van der Waals surface area contributed by atoms with Crippen molar-refractivity contribution in [2.75, 3.05) is 27.7 Å². The van der Waals surface area contributed by atoms with Crippen molar-refractivity contribution >= 4 is 11.8 Å². The van der Waals surface area contributed by atoms with E-state index in [2.05, 4.69) is 0 Å². The molecule has 1 aliphatic heterocycles. The SMILES string of the molecule is COc1ccccc1CN1CCc2c(c(O)c(=O)n(C)c2C(=O)N(C)C)C1=O. The largest absolute Gasteiger partial charge is 0.502 e. The molecule has 1 N–H and O–H groups in total. The van der Waals surface area contributed by atoms with Crippen molar-refractivity contribution in [3.8, 4) is 11.5 Å². The van der Waals surface area contributed by atoms with Gasteiger partial charge in [-0.2, -0.15) is 0 Å². The van der Waals surface area contributed by atoms with Gasteiger partial charge in [0.05, 0.1) is 12.7 Å². The van der Waals surface area contributed by atoms with Crippen LogP contribution in [0.4, 0.5) is 0 Å². The monoisotopic (exact) mass is 385 g/mol. The van der Waals surface area contributed by atoms with Gasteiger partial charge in [-0.05, 0) is 12.5 Å². The Morgan fingerprint density at radius 3 is 2.57 bits per heavy atom. The smallest absolute Gasteiger partial charge is 0.293 e. The number of methoxy groups -OCH3 is 1. The van der Waals surface area contributed by atoms with E-state index in [1.807, 2.05) is 18.2 Å². The summed E-state index contributed by atoms with van der Waals surface area (Å²) in [5, 5.41) is 10.4. The predicted molar refractivity (Wildman–Crippen MR) is 103 cm³/mol. The molecule has 28 heavy (non-hydrogen) atoms. The first-order chi connectivity index (χ1) is 13.3. The van der Waals surface area contributed by atoms with E-state index < -0.39 is 17.2 Å². The Bertz CT molecular complexity index is 1010. The fourth-order valence-electron chi connectivity index (χ4n) is 3.49. The molecule has 0 spiro atoms. The number of rotatable bonds is 4. The van der Waals surface area contributed by atoms with Gasteiger partial charge in [0.15, 0.2) is 5.75 Å². The molecule has 0 atom stereocenters. The molecule has 0 bridgehead atoms. The van der Waals surface area contributed by atoms with Gasteiger partial charge in [-0.25, -0.2) is 0 Å². The quantitative estimate of drug-likeness (QED) is 0.848. The van der Waals surface area contributed by atoms with E-state index in [-0.39, 0.29) is 23.7 Å². The van der Waals surface area contributed by atoms with Crippen molar-refractivity contribution in [1.82, 2.24) is 14.4 Å². The van der Waals surface area contributed by atoms with Crippen LogP contribution in [-0.4, -0.2) is 59.0 Å². The lowest BCUT2D eigenvalue weighted by Crippen LogP contribution is -2.42. The van der Waals surface area contributed by atoms with Crippen LogP contribution in [0, 0.1) is 0 Å². The third-order valence-electron chi connectivity index (χ3n) is 4.96. The number of carbonyl (C=O) groups is 2. The third-order valence-corrected chi connectivity index (χ3v) is 4.96. The first kappa shape index (κ1) is 19.5. The Labute approximate surface area is 162 Å². The molecule has 0 radical (unpaired) electrons. The van der Waals surface area contributed by atoms with E-state index in [4.69, 9.17) is 4.74 Å². The number of para-hydroxylation sites is 1. The summed E-state index contributed by atoms with van der Waals surface area (Å²) in [5.74, 6) is -0.836. The van der Waals surface area contributed by atoms with Gasteiger partial charge < -0.3 is 24.2 Å². The van der Waals surface area contributed by atoms with Crippen LogP contribution in [0.3, 0.4) is 0 Å².